The predicted octanol–water partition coefficient (Wildman–Crippen LogP) is 2.22. The number of morpholine rings is 1. The molecule has 1 amide bonds. The maximum atomic E-state index is 12.7. The summed E-state index contributed by atoms with van der Waals surface area (Å²) < 4.78 is 36.9. The Morgan fingerprint density at radius 1 is 1.12 bits per heavy atom. The van der Waals surface area contributed by atoms with E-state index in [1.54, 1.807) is 12.1 Å². The number of ether oxygens (including phenoxy) is 2. The minimum atomic E-state index is -3.70. The number of hydrogen-bond donors (Lipinski definition) is 1. The zero-order chi connectivity index (χ0) is 23.1. The summed E-state index contributed by atoms with van der Waals surface area (Å²) in [6.07, 6.45) is -0.127. The number of nitrogens with zero attached hydrogens (tertiary/aromatic N) is 1. The summed E-state index contributed by atoms with van der Waals surface area (Å²) in [5, 5.41) is 2.52. The van der Waals surface area contributed by atoms with Gasteiger partial charge >= 0.3 is 5.97 Å². The van der Waals surface area contributed by atoms with E-state index in [4.69, 9.17) is 9.47 Å². The van der Waals surface area contributed by atoms with Crippen LogP contribution in [0.3, 0.4) is 0 Å². The summed E-state index contributed by atoms with van der Waals surface area (Å²) >= 11 is 1.36. The van der Waals surface area contributed by atoms with Crippen LogP contribution in [-0.4, -0.2) is 63.3 Å². The molecule has 172 valence electrons. The van der Waals surface area contributed by atoms with Gasteiger partial charge in [0, 0.05) is 30.1 Å². The van der Waals surface area contributed by atoms with Crippen LogP contribution < -0.4 is 5.32 Å². The van der Waals surface area contributed by atoms with Crippen LogP contribution >= 0.6 is 11.3 Å². The van der Waals surface area contributed by atoms with E-state index >= 15 is 0 Å². The average Bonchev–Trinajstić information content (AvgIpc) is 3.23. The molecule has 0 saturated carbocycles. The largest absolute Gasteiger partial charge is 0.456 e. The summed E-state index contributed by atoms with van der Waals surface area (Å²) in [4.78, 5) is 37.6. The van der Waals surface area contributed by atoms with Crippen LogP contribution in [-0.2, 0) is 29.1 Å². The number of carbonyl (C=O) groups is 3. The number of ketones is 1. The Hall–Kier alpha value is -2.60. The van der Waals surface area contributed by atoms with Crippen molar-refractivity contribution in [3.8, 4) is 0 Å². The van der Waals surface area contributed by atoms with Crippen molar-refractivity contribution in [1.29, 1.82) is 0 Å². The van der Waals surface area contributed by atoms with Gasteiger partial charge in [-0.1, -0.05) is 6.07 Å². The molecule has 1 aromatic carbocycles. The van der Waals surface area contributed by atoms with Crippen molar-refractivity contribution in [2.24, 2.45) is 0 Å². The van der Waals surface area contributed by atoms with Gasteiger partial charge < -0.3 is 14.8 Å². The Bertz CT molecular complexity index is 1090. The second kappa shape index (κ2) is 10.8. The Labute approximate surface area is 190 Å². The predicted molar refractivity (Wildman–Crippen MR) is 118 cm³/mol. The molecular formula is C21H24N2O7S2. The Morgan fingerprint density at radius 3 is 2.56 bits per heavy atom. The fraction of sp³-hybridized carbons (Fsp3) is 0.381. The first-order chi connectivity index (χ1) is 15.3. The maximum Gasteiger partial charge on any atom is 0.306 e. The molecule has 1 aliphatic rings. The standard InChI is InChI=1S/C21H24N2O7S2/c1-15-5-7-19(31-15)18(24)6-8-21(26)30-14-20(25)22-16-3-2-4-17(13-16)32(27,28)23-9-11-29-12-10-23/h2-5,7,13H,6,8-12,14H2,1H3,(H,22,25). The first-order valence-electron chi connectivity index (χ1n) is 9.99. The van der Waals surface area contributed by atoms with E-state index in [1.165, 1.54) is 33.8 Å². The third-order valence-corrected chi connectivity index (χ3v) is 7.60. The Balaban J connectivity index is 1.48. The lowest BCUT2D eigenvalue weighted by molar-refractivity contribution is -0.147. The molecule has 0 aliphatic carbocycles. The van der Waals surface area contributed by atoms with Gasteiger partial charge in [0.2, 0.25) is 10.0 Å². The lowest BCUT2D eigenvalue weighted by Gasteiger charge is -2.26. The summed E-state index contributed by atoms with van der Waals surface area (Å²) in [7, 11) is -3.70. The van der Waals surface area contributed by atoms with Gasteiger partial charge in [0.1, 0.15) is 0 Å². The first-order valence-corrected chi connectivity index (χ1v) is 12.2. The quantitative estimate of drug-likeness (QED) is 0.432. The molecule has 2 aromatic rings. The van der Waals surface area contributed by atoms with Gasteiger partial charge in [0.25, 0.3) is 5.91 Å². The minimum absolute atomic E-state index is 0.00184. The minimum Gasteiger partial charge on any atom is -0.456 e. The summed E-state index contributed by atoms with van der Waals surface area (Å²) in [6.45, 7) is 2.56. The van der Waals surface area contributed by atoms with Gasteiger partial charge in [-0.25, -0.2) is 8.42 Å². The van der Waals surface area contributed by atoms with Gasteiger partial charge in [-0.2, -0.15) is 4.31 Å². The molecule has 0 radical (unpaired) electrons. The van der Waals surface area contributed by atoms with Crippen LogP contribution in [0.2, 0.25) is 0 Å². The summed E-state index contributed by atoms with van der Waals surface area (Å²) in [6, 6.07) is 9.42. The van der Waals surface area contributed by atoms with Crippen LogP contribution in [0.5, 0.6) is 0 Å². The van der Waals surface area contributed by atoms with Crippen molar-refractivity contribution in [3.63, 3.8) is 0 Å². The SMILES string of the molecule is Cc1ccc(C(=O)CCC(=O)OCC(=O)Nc2cccc(S(=O)(=O)N3CCOCC3)c2)s1. The van der Waals surface area contributed by atoms with E-state index in [-0.39, 0.29) is 42.3 Å². The van der Waals surface area contributed by atoms with Gasteiger partial charge in [0.15, 0.2) is 12.4 Å². The van der Waals surface area contributed by atoms with Crippen molar-refractivity contribution in [2.45, 2.75) is 24.7 Å². The molecule has 2 heterocycles. The molecule has 9 nitrogen and oxygen atoms in total. The fourth-order valence-corrected chi connectivity index (χ4v) is 5.30. The molecule has 0 atom stereocenters. The lowest BCUT2D eigenvalue weighted by Crippen LogP contribution is -2.40. The first kappa shape index (κ1) is 24.1. The second-order valence-electron chi connectivity index (χ2n) is 7.09. The monoisotopic (exact) mass is 480 g/mol. The number of anilines is 1. The van der Waals surface area contributed by atoms with Crippen molar-refractivity contribution in [2.75, 3.05) is 38.2 Å². The van der Waals surface area contributed by atoms with Gasteiger partial charge in [0.05, 0.1) is 29.4 Å². The van der Waals surface area contributed by atoms with Crippen LogP contribution in [0, 0.1) is 6.92 Å². The van der Waals surface area contributed by atoms with Crippen LogP contribution in [0.15, 0.2) is 41.3 Å². The van der Waals surface area contributed by atoms with Gasteiger partial charge in [-0.05, 0) is 37.3 Å². The molecule has 0 bridgehead atoms. The highest BCUT2D eigenvalue weighted by molar-refractivity contribution is 7.89. The smallest absolute Gasteiger partial charge is 0.306 e. The van der Waals surface area contributed by atoms with Gasteiger partial charge in [-0.3, -0.25) is 14.4 Å². The number of Topliss-reactive ketones (excluding diaryl/α,β-unsaturated/α-hetero) is 1. The number of aryl methyl sites for hydroxylation is 1. The van der Waals surface area contributed by atoms with Crippen molar-refractivity contribution < 1.29 is 32.3 Å². The highest BCUT2D eigenvalue weighted by Gasteiger charge is 2.26. The van der Waals surface area contributed by atoms with Gasteiger partial charge in [-0.15, -0.1) is 11.3 Å². The fourth-order valence-electron chi connectivity index (χ4n) is 3.01. The van der Waals surface area contributed by atoms with Crippen molar-refractivity contribution in [1.82, 2.24) is 4.31 Å². The number of esters is 1. The van der Waals surface area contributed by atoms with Crippen LogP contribution in [0.4, 0.5) is 5.69 Å². The number of thiophene rings is 1. The van der Waals surface area contributed by atoms with Crippen LogP contribution in [0.1, 0.15) is 27.4 Å². The van der Waals surface area contributed by atoms with E-state index in [0.29, 0.717) is 18.1 Å². The van der Waals surface area contributed by atoms with Crippen molar-refractivity contribution in [3.05, 3.63) is 46.2 Å². The molecule has 0 spiro atoms. The Morgan fingerprint density at radius 2 is 1.88 bits per heavy atom. The molecular weight excluding hydrogens is 456 g/mol. The highest BCUT2D eigenvalue weighted by atomic mass is 32.2. The molecule has 1 saturated heterocycles. The molecule has 0 unspecified atom stereocenters. The Kier molecular flexibility index (Phi) is 8.13. The number of sulfonamides is 1. The van der Waals surface area contributed by atoms with E-state index in [0.717, 1.165) is 4.88 Å². The molecule has 1 fully saturated rings. The molecule has 11 heteroatoms. The zero-order valence-corrected chi connectivity index (χ0v) is 19.2. The van der Waals surface area contributed by atoms with E-state index < -0.39 is 28.5 Å². The lowest BCUT2D eigenvalue weighted by atomic mass is 10.2. The normalized spacial score (nSPS) is 14.7. The number of carbonyl (C=O) groups excluding carboxylic acids is 3. The number of rotatable bonds is 9. The molecule has 32 heavy (non-hydrogen) atoms. The van der Waals surface area contributed by atoms with E-state index in [1.807, 2.05) is 13.0 Å². The number of nitrogens with one attached hydrogen (secondary N) is 1. The molecule has 1 N–H and O–H groups in total. The van der Waals surface area contributed by atoms with E-state index in [2.05, 4.69) is 5.32 Å². The van der Waals surface area contributed by atoms with E-state index in [9.17, 15) is 22.8 Å². The summed E-state index contributed by atoms with van der Waals surface area (Å²) in [5.41, 5.74) is 0.267. The number of hydrogen-bond acceptors (Lipinski definition) is 8. The molecule has 3 rings (SSSR count). The van der Waals surface area contributed by atoms with Crippen molar-refractivity contribution >= 4 is 44.7 Å². The molecule has 1 aromatic heterocycles. The number of amides is 1. The topological polar surface area (TPSA) is 119 Å². The average molecular weight is 481 g/mol. The highest BCUT2D eigenvalue weighted by Crippen LogP contribution is 2.21. The molecule has 1 aliphatic heterocycles. The summed E-state index contributed by atoms with van der Waals surface area (Å²) in [5.74, 6) is -1.42. The van der Waals surface area contributed by atoms with Crippen LogP contribution in [0.25, 0.3) is 0 Å². The third kappa shape index (κ3) is 6.45. The zero-order valence-electron chi connectivity index (χ0n) is 17.5. The second-order valence-corrected chi connectivity index (χ2v) is 10.3. The maximum absolute atomic E-state index is 12.7. The number of benzene rings is 1. The third-order valence-electron chi connectivity index (χ3n) is 4.66.